The average molecular weight is 541 g/mol. The molecule has 39 heavy (non-hydrogen) atoms. The van der Waals surface area contributed by atoms with Crippen molar-refractivity contribution in [2.24, 2.45) is 5.92 Å². The number of unbranched alkanes of at least 4 members (excludes halogenated alkanes) is 1. The van der Waals surface area contributed by atoms with Gasteiger partial charge in [-0.05, 0) is 30.0 Å². The lowest BCUT2D eigenvalue weighted by Gasteiger charge is -2.31. The van der Waals surface area contributed by atoms with E-state index >= 15 is 0 Å². The molecule has 0 spiro atoms. The third-order valence-electron chi connectivity index (χ3n) is 8.15. The Morgan fingerprint density at radius 3 is 2.69 bits per heavy atom. The molecular weight excluding hydrogens is 494 g/mol. The minimum Gasteiger partial charge on any atom is -0.493 e. The molecule has 3 heterocycles. The summed E-state index contributed by atoms with van der Waals surface area (Å²) in [4.78, 5) is 34.8. The van der Waals surface area contributed by atoms with Crippen LogP contribution in [0.2, 0.25) is 0 Å². The lowest BCUT2D eigenvalue weighted by molar-refractivity contribution is -0.870. The van der Waals surface area contributed by atoms with Gasteiger partial charge in [0.2, 0.25) is 5.91 Å². The number of hydrogen-bond acceptors (Lipinski definition) is 5. The number of aliphatic carboxylic acids is 1. The summed E-state index contributed by atoms with van der Waals surface area (Å²) in [6.45, 7) is 6.75. The van der Waals surface area contributed by atoms with E-state index in [2.05, 4.69) is 44.0 Å². The fourth-order valence-electron chi connectivity index (χ4n) is 6.05. The van der Waals surface area contributed by atoms with Gasteiger partial charge in [0.15, 0.2) is 0 Å². The number of carboxylic acid groups (broad SMARTS) is 1. The maximum Gasteiger partial charge on any atom is 0.308 e. The summed E-state index contributed by atoms with van der Waals surface area (Å²) in [7, 11) is 6.51. The van der Waals surface area contributed by atoms with E-state index in [0.717, 1.165) is 66.7 Å². The second kappa shape index (κ2) is 13.0. The van der Waals surface area contributed by atoms with Gasteiger partial charge in [-0.1, -0.05) is 25.5 Å². The molecule has 214 valence electrons. The van der Waals surface area contributed by atoms with Crippen molar-refractivity contribution < 1.29 is 23.9 Å². The smallest absolute Gasteiger partial charge is 0.308 e. The van der Waals surface area contributed by atoms with Crippen LogP contribution < -0.4 is 4.74 Å². The van der Waals surface area contributed by atoms with Gasteiger partial charge in [0.1, 0.15) is 5.75 Å². The maximum absolute atomic E-state index is 13.7. The number of amides is 1. The first kappa shape index (κ1) is 29.1. The van der Waals surface area contributed by atoms with E-state index in [9.17, 15) is 14.7 Å². The molecule has 1 saturated heterocycles. The van der Waals surface area contributed by atoms with Gasteiger partial charge in [-0.15, -0.1) is 0 Å². The van der Waals surface area contributed by atoms with Crippen LogP contribution in [0.5, 0.6) is 5.75 Å². The Kier molecular flexibility index (Phi) is 9.67. The minimum atomic E-state index is -0.798. The number of hydrogen-bond donors (Lipinski definition) is 1. The molecule has 2 aromatic rings. The van der Waals surface area contributed by atoms with Gasteiger partial charge >= 0.3 is 5.97 Å². The molecule has 4 rings (SSSR count). The number of carboxylic acids is 1. The van der Waals surface area contributed by atoms with E-state index in [1.54, 1.807) is 12.5 Å². The summed E-state index contributed by atoms with van der Waals surface area (Å²) >= 11 is 0. The van der Waals surface area contributed by atoms with E-state index in [0.29, 0.717) is 26.1 Å². The number of aromatic nitrogens is 2. The number of carbonyl (C=O) groups is 2. The molecule has 9 heteroatoms. The highest BCUT2D eigenvalue weighted by Crippen LogP contribution is 2.41. The van der Waals surface area contributed by atoms with Crippen LogP contribution in [0.15, 0.2) is 36.9 Å². The first-order chi connectivity index (χ1) is 18.7. The molecule has 1 N–H and O–H groups in total. The molecule has 0 aliphatic carbocycles. The maximum atomic E-state index is 13.7. The van der Waals surface area contributed by atoms with Gasteiger partial charge < -0.3 is 23.8 Å². The Morgan fingerprint density at radius 1 is 1.21 bits per heavy atom. The van der Waals surface area contributed by atoms with Crippen LogP contribution in [0.4, 0.5) is 0 Å². The van der Waals surface area contributed by atoms with Crippen molar-refractivity contribution in [3.05, 3.63) is 48.0 Å². The number of quaternary nitrogens is 1. The second-order valence-electron chi connectivity index (χ2n) is 12.1. The number of benzene rings is 1. The molecule has 2 aliphatic heterocycles. The molecule has 0 radical (unpaired) electrons. The van der Waals surface area contributed by atoms with Crippen molar-refractivity contribution >= 4 is 11.9 Å². The monoisotopic (exact) mass is 540 g/mol. The summed E-state index contributed by atoms with van der Waals surface area (Å²) in [6.07, 6.45) is 9.83. The van der Waals surface area contributed by atoms with Gasteiger partial charge in [0.25, 0.3) is 0 Å². The standard InChI is InChI=1S/C30H45N5O4/c1-5-6-13-33(14-7-17-35(2,3)4)28(36)21-34-20-25(23-8-9-27-24(19-23)11-18-39-27)29(30(37)38)26(34)10-15-32-16-12-31-22-32/h8-9,12,16,19,22,25-26,29H,5-7,10-11,13-15,17-18,20-21H2,1-4H3/p+1/t25-,26+,29?/m1/s1. The highest BCUT2D eigenvalue weighted by atomic mass is 16.5. The molecule has 9 nitrogen and oxygen atoms in total. The topological polar surface area (TPSA) is 87.9 Å². The Hall–Kier alpha value is -2.91. The lowest BCUT2D eigenvalue weighted by Crippen LogP contribution is -2.45. The molecule has 2 aliphatic rings. The van der Waals surface area contributed by atoms with Gasteiger partial charge in [-0.3, -0.25) is 14.5 Å². The third kappa shape index (κ3) is 7.60. The highest BCUT2D eigenvalue weighted by Gasteiger charge is 2.47. The molecule has 3 atom stereocenters. The van der Waals surface area contributed by atoms with E-state index in [-0.39, 0.29) is 24.4 Å². The molecule has 1 amide bonds. The Labute approximate surface area is 232 Å². The largest absolute Gasteiger partial charge is 0.493 e. The Balaban J connectivity index is 1.55. The van der Waals surface area contributed by atoms with Crippen LogP contribution >= 0.6 is 0 Å². The number of rotatable bonds is 14. The van der Waals surface area contributed by atoms with Crippen LogP contribution in [0.3, 0.4) is 0 Å². The zero-order valence-electron chi connectivity index (χ0n) is 24.1. The summed E-state index contributed by atoms with van der Waals surface area (Å²) < 4.78 is 8.54. The second-order valence-corrected chi connectivity index (χ2v) is 12.1. The van der Waals surface area contributed by atoms with Crippen molar-refractivity contribution in [2.75, 3.05) is 60.5 Å². The number of imidazole rings is 1. The van der Waals surface area contributed by atoms with E-state index in [1.165, 1.54) is 0 Å². The van der Waals surface area contributed by atoms with E-state index in [4.69, 9.17) is 4.74 Å². The first-order valence-corrected chi connectivity index (χ1v) is 14.4. The van der Waals surface area contributed by atoms with Crippen LogP contribution in [0.25, 0.3) is 0 Å². The zero-order chi connectivity index (χ0) is 28.0. The molecule has 1 unspecified atom stereocenters. The minimum absolute atomic E-state index is 0.102. The molecule has 0 bridgehead atoms. The third-order valence-corrected chi connectivity index (χ3v) is 8.15. The van der Waals surface area contributed by atoms with Gasteiger partial charge in [0, 0.05) is 63.4 Å². The SMILES string of the molecule is CCCCN(CCC[N+](C)(C)C)C(=O)CN1C[C@H](c2ccc3c(c2)CCO3)C(C(=O)O)[C@@H]1CCn1ccnc1. The van der Waals surface area contributed by atoms with Crippen molar-refractivity contribution in [3.63, 3.8) is 0 Å². The van der Waals surface area contributed by atoms with Crippen molar-refractivity contribution in [1.29, 1.82) is 0 Å². The summed E-state index contributed by atoms with van der Waals surface area (Å²) in [5.41, 5.74) is 2.17. The molecule has 1 aromatic carbocycles. The van der Waals surface area contributed by atoms with E-state index in [1.807, 2.05) is 27.8 Å². The molecular formula is C30H46N5O4+. The average Bonchev–Trinajstić information content (AvgIpc) is 3.63. The van der Waals surface area contributed by atoms with Gasteiger partial charge in [0.05, 0.1) is 53.1 Å². The van der Waals surface area contributed by atoms with Crippen LogP contribution in [-0.2, 0) is 22.6 Å². The van der Waals surface area contributed by atoms with Gasteiger partial charge in [-0.2, -0.15) is 0 Å². The number of likely N-dealkylation sites (tertiary alicyclic amines) is 1. The Bertz CT molecular complexity index is 1100. The van der Waals surface area contributed by atoms with Gasteiger partial charge in [-0.25, -0.2) is 4.98 Å². The molecule has 1 aromatic heterocycles. The number of fused-ring (bicyclic) bond motifs is 1. The summed E-state index contributed by atoms with van der Waals surface area (Å²) in [5, 5.41) is 10.5. The van der Waals surface area contributed by atoms with Crippen molar-refractivity contribution in [1.82, 2.24) is 19.4 Å². The molecule has 0 saturated carbocycles. The fourth-order valence-corrected chi connectivity index (χ4v) is 6.05. The number of nitrogens with zero attached hydrogens (tertiary/aromatic N) is 5. The number of ether oxygens (including phenoxy) is 1. The van der Waals surface area contributed by atoms with Crippen molar-refractivity contribution in [2.45, 2.75) is 57.5 Å². The Morgan fingerprint density at radius 2 is 2.00 bits per heavy atom. The predicted molar refractivity (Wildman–Crippen MR) is 151 cm³/mol. The first-order valence-electron chi connectivity index (χ1n) is 14.4. The number of aryl methyl sites for hydroxylation is 1. The number of carbonyl (C=O) groups excluding carboxylic acids is 1. The normalized spacial score (nSPS) is 21.1. The summed E-state index contributed by atoms with van der Waals surface area (Å²) in [6, 6.07) is 5.87. The predicted octanol–water partition coefficient (Wildman–Crippen LogP) is 3.10. The van der Waals surface area contributed by atoms with Crippen LogP contribution in [0, 0.1) is 5.92 Å². The van der Waals surface area contributed by atoms with Crippen LogP contribution in [0.1, 0.15) is 49.7 Å². The lowest BCUT2D eigenvalue weighted by atomic mass is 9.83. The highest BCUT2D eigenvalue weighted by molar-refractivity contribution is 5.79. The quantitative estimate of drug-likeness (QED) is 0.371. The van der Waals surface area contributed by atoms with Crippen molar-refractivity contribution in [3.8, 4) is 5.75 Å². The summed E-state index contributed by atoms with van der Waals surface area (Å²) in [5.74, 6) is -0.578. The fraction of sp³-hybridized carbons (Fsp3) is 0.633. The zero-order valence-corrected chi connectivity index (χ0v) is 24.1. The van der Waals surface area contributed by atoms with Crippen LogP contribution in [-0.4, -0.2) is 107 Å². The molecule has 1 fully saturated rings. The van der Waals surface area contributed by atoms with E-state index < -0.39 is 11.9 Å².